The second-order valence-corrected chi connectivity index (χ2v) is 29.3. The van der Waals surface area contributed by atoms with Gasteiger partial charge < -0.3 is 5.11 Å². The molecule has 0 spiro atoms. The molecule has 0 atom stereocenters. The van der Waals surface area contributed by atoms with E-state index in [0.29, 0.717) is 47.1 Å². The molecule has 0 unspecified atom stereocenters. The Morgan fingerprint density at radius 3 is 1.19 bits per heavy atom. The third kappa shape index (κ3) is 23.0. The van der Waals surface area contributed by atoms with Crippen LogP contribution < -0.4 is 0 Å². The number of aromatic carboxylic acids is 1. The molecule has 576 valence electrons. The predicted octanol–water partition coefficient (Wildman–Crippen LogP) is 20.8. The SMILES string of the molecule is CC(C)c1ccc(-c2cn(C)nn2)cc1.CC(C)c1ccc(-c2n[nH]nc2C(=O)O)cc1.Cc1c(-c2ccc(C(C)C)cc2)nnn1C.Cc1cc(-c2ccc(C(C)C)cc2)nn1C.Cc1cc(C(C)C)ccc1-c1cn[nH]n1.Cc1cnnn1-c1ccc(C(C)C)cc1.Cc1n[nH]nc1-c1ccc(C(C)C)cc1.[HH].[HH].[HH].[HH]. The summed E-state index contributed by atoms with van der Waals surface area (Å²) in [4.78, 5) is 10.9. The van der Waals surface area contributed by atoms with Crippen LogP contribution >= 0.6 is 0 Å². The van der Waals surface area contributed by atoms with Crippen LogP contribution in [0.4, 0.5) is 0 Å². The molecule has 0 saturated heterocycles. The molecule has 0 radical (unpaired) electrons. The smallest absolute Gasteiger partial charge is 0.358 e. The number of carboxylic acid groups (broad SMARTS) is 1. The second-order valence-electron chi connectivity index (χ2n) is 29.3. The summed E-state index contributed by atoms with van der Waals surface area (Å²) in [6.07, 6.45) is 5.43. The Kier molecular flexibility index (Phi) is 29.6. The fraction of sp³-hybridized carbons (Fsp3) is 0.333. The summed E-state index contributed by atoms with van der Waals surface area (Å²) in [5, 5.41) is 68.6. The van der Waals surface area contributed by atoms with Crippen LogP contribution in [0.3, 0.4) is 0 Å². The molecule has 0 saturated carbocycles. The van der Waals surface area contributed by atoms with Gasteiger partial charge in [0.2, 0.25) is 0 Å². The van der Waals surface area contributed by atoms with Crippen LogP contribution in [0.15, 0.2) is 188 Å². The molecule has 22 heteroatoms. The molecule has 14 aromatic rings. The van der Waals surface area contributed by atoms with E-state index in [0.717, 1.165) is 79.1 Å². The Morgan fingerprint density at radius 1 is 0.394 bits per heavy atom. The predicted molar refractivity (Wildman–Crippen MR) is 446 cm³/mol. The Labute approximate surface area is 648 Å². The fourth-order valence-electron chi connectivity index (χ4n) is 11.4. The largest absolute Gasteiger partial charge is 0.476 e. The van der Waals surface area contributed by atoms with Crippen molar-refractivity contribution in [1.29, 1.82) is 0 Å². The lowest BCUT2D eigenvalue weighted by atomic mass is 9.97. The van der Waals surface area contributed by atoms with E-state index < -0.39 is 5.97 Å². The Balaban J connectivity index is 0.000000276. The van der Waals surface area contributed by atoms with E-state index in [1.807, 2.05) is 81.7 Å². The lowest BCUT2D eigenvalue weighted by Gasteiger charge is -2.08. The number of nitrogens with one attached hydrogen (secondary N) is 3. The standard InChI is InChI=1S/C14H18N2.C13H17N3.C12H13N3O2.4C12H15N3.4H2/c1-10(2)12-5-7-13(8-6-12)14-9-11(3)16(4)15-14;1-9(2)11-5-7-12(8-6-11)13-10(3)16(4)15-14-13;1-7(2)8-3-5-9(6-4-8)10-11(12(16)17)14-15-13-10;1-9(2)10-4-6-11(7-5-10)12-8-15(3)14-13-12;1-9(2)11-4-6-12(7-5-11)15-10(3)8-13-14-15;1-8(2)10-4-6-11(7-5-10)12-9(3)13-15-14-12;1-8(2)10-4-5-11(9(3)6-10)12-7-13-15-14-12;;;;/h5-10H,1-4H3;5-9H,1-4H3;3-7H,1-2H3,(H,16,17)(H,13,14,15);2*4-9H,1-3H3;2*4-8H,1-3H3,(H,13,14,15);4*1H. The summed E-state index contributed by atoms with van der Waals surface area (Å²) in [6, 6.07) is 58.9. The molecule has 4 N–H and O–H groups in total. The number of aryl methyl sites for hydroxylation is 7. The zero-order chi connectivity index (χ0) is 79.2. The van der Waals surface area contributed by atoms with Crippen LogP contribution in [0.5, 0.6) is 0 Å². The van der Waals surface area contributed by atoms with Crippen LogP contribution in [0, 0.1) is 34.6 Å². The van der Waals surface area contributed by atoms with Crippen molar-refractivity contribution in [1.82, 2.24) is 101 Å². The molecule has 0 bridgehead atoms. The van der Waals surface area contributed by atoms with E-state index in [9.17, 15) is 4.79 Å². The van der Waals surface area contributed by atoms with Gasteiger partial charge in [-0.2, -0.15) is 46.2 Å². The van der Waals surface area contributed by atoms with Gasteiger partial charge in [0, 0.05) is 65.9 Å². The van der Waals surface area contributed by atoms with E-state index in [1.54, 1.807) is 21.8 Å². The van der Waals surface area contributed by atoms with Crippen LogP contribution in [0.25, 0.3) is 73.2 Å². The van der Waals surface area contributed by atoms with Crippen LogP contribution in [0.2, 0.25) is 0 Å². The highest BCUT2D eigenvalue weighted by molar-refractivity contribution is 5.92. The minimum absolute atomic E-state index is 0. The van der Waals surface area contributed by atoms with Crippen molar-refractivity contribution in [3.05, 3.63) is 261 Å². The highest BCUT2D eigenvalue weighted by Gasteiger charge is 2.18. The van der Waals surface area contributed by atoms with Gasteiger partial charge >= 0.3 is 5.97 Å². The molecular formula is C87H116N20O2. The number of benzene rings is 7. The van der Waals surface area contributed by atoms with Crippen LogP contribution in [0.1, 0.15) is 222 Å². The van der Waals surface area contributed by atoms with Gasteiger partial charge in [-0.1, -0.05) is 264 Å². The number of hydrogen-bond acceptors (Lipinski definition) is 14. The van der Waals surface area contributed by atoms with Gasteiger partial charge in [0.05, 0.1) is 47.1 Å². The highest BCUT2D eigenvalue weighted by Crippen LogP contribution is 2.29. The van der Waals surface area contributed by atoms with Gasteiger partial charge in [-0.05, 0) is 139 Å². The molecule has 7 aromatic heterocycles. The molecule has 0 amide bonds. The first-order valence-electron chi connectivity index (χ1n) is 37.2. The first-order valence-corrected chi connectivity index (χ1v) is 37.2. The van der Waals surface area contributed by atoms with Gasteiger partial charge in [-0.15, -0.1) is 20.4 Å². The molecule has 0 fully saturated rings. The van der Waals surface area contributed by atoms with Gasteiger partial charge in [-0.3, -0.25) is 14.0 Å². The summed E-state index contributed by atoms with van der Waals surface area (Å²) < 4.78 is 7.26. The Bertz CT molecular complexity index is 4970. The number of aromatic nitrogens is 20. The van der Waals surface area contributed by atoms with Crippen molar-refractivity contribution in [3.8, 4) is 73.2 Å². The topological polar surface area (TPSA) is 272 Å². The van der Waals surface area contributed by atoms with Crippen molar-refractivity contribution < 1.29 is 15.6 Å². The van der Waals surface area contributed by atoms with Gasteiger partial charge in [-0.25, -0.2) is 9.48 Å². The molecule has 22 nitrogen and oxygen atoms in total. The zero-order valence-corrected chi connectivity index (χ0v) is 67.4. The van der Waals surface area contributed by atoms with Crippen molar-refractivity contribution in [2.75, 3.05) is 0 Å². The third-order valence-corrected chi connectivity index (χ3v) is 18.7. The quantitative estimate of drug-likeness (QED) is 0.0743. The first-order chi connectivity index (χ1) is 52.0. The number of aromatic amines is 3. The van der Waals surface area contributed by atoms with Crippen molar-refractivity contribution in [3.63, 3.8) is 0 Å². The lowest BCUT2D eigenvalue weighted by molar-refractivity contribution is 0.0691. The number of rotatable bonds is 15. The van der Waals surface area contributed by atoms with Gasteiger partial charge in [0.25, 0.3) is 0 Å². The molecule has 0 aliphatic rings. The third-order valence-electron chi connectivity index (χ3n) is 18.7. The monoisotopic (exact) mass is 1470 g/mol. The van der Waals surface area contributed by atoms with Crippen LogP contribution in [-0.4, -0.2) is 112 Å². The molecule has 0 aliphatic carbocycles. The van der Waals surface area contributed by atoms with E-state index in [2.05, 4.69) is 339 Å². The molecule has 109 heavy (non-hydrogen) atoms. The summed E-state index contributed by atoms with van der Waals surface area (Å²) >= 11 is 0. The maximum atomic E-state index is 10.9. The van der Waals surface area contributed by atoms with E-state index in [-0.39, 0.29) is 11.4 Å². The van der Waals surface area contributed by atoms with Gasteiger partial charge in [0.15, 0.2) is 5.69 Å². The highest BCUT2D eigenvalue weighted by atomic mass is 16.4. The first kappa shape index (κ1) is 82.7. The van der Waals surface area contributed by atoms with Crippen molar-refractivity contribution in [2.45, 2.75) is 173 Å². The molecular weight excluding hydrogens is 1360 g/mol. The minimum atomic E-state index is -1.08. The van der Waals surface area contributed by atoms with Gasteiger partial charge in [0.1, 0.15) is 28.5 Å². The normalized spacial score (nSPS) is 10.9. The number of carboxylic acids is 1. The number of H-pyrrole nitrogens is 3. The van der Waals surface area contributed by atoms with E-state index in [1.165, 1.54) is 55.8 Å². The molecule has 0 aliphatic heterocycles. The summed E-state index contributed by atoms with van der Waals surface area (Å²) in [5.74, 6) is 2.78. The maximum Gasteiger partial charge on any atom is 0.358 e. The second kappa shape index (κ2) is 39.1. The molecule has 14 rings (SSSR count). The molecule has 7 heterocycles. The Morgan fingerprint density at radius 2 is 0.826 bits per heavy atom. The summed E-state index contributed by atoms with van der Waals surface area (Å²) in [7, 11) is 5.76. The minimum Gasteiger partial charge on any atom is -0.476 e. The number of carbonyl (C=O) groups is 1. The number of nitrogens with zero attached hydrogens (tertiary/aromatic N) is 17. The average Bonchev–Trinajstić information content (AvgIpc) is 1.73. The van der Waals surface area contributed by atoms with Crippen LogP contribution in [-0.2, 0) is 21.1 Å². The average molecular weight is 1470 g/mol. The van der Waals surface area contributed by atoms with Crippen molar-refractivity contribution in [2.24, 2.45) is 21.1 Å². The van der Waals surface area contributed by atoms with E-state index >= 15 is 0 Å². The summed E-state index contributed by atoms with van der Waals surface area (Å²) in [6.45, 7) is 40.7. The maximum absolute atomic E-state index is 10.9. The lowest BCUT2D eigenvalue weighted by Crippen LogP contribution is -1.99. The summed E-state index contributed by atoms with van der Waals surface area (Å²) in [5.41, 5.74) is 27.5. The zero-order valence-electron chi connectivity index (χ0n) is 67.4. The fourth-order valence-corrected chi connectivity index (χ4v) is 11.4. The Hall–Kier alpha value is -11.9. The molecule has 7 aromatic carbocycles. The number of hydrogen-bond donors (Lipinski definition) is 4. The van der Waals surface area contributed by atoms with E-state index in [4.69, 9.17) is 5.11 Å². The van der Waals surface area contributed by atoms with Crippen molar-refractivity contribution >= 4 is 5.97 Å².